The summed E-state index contributed by atoms with van der Waals surface area (Å²) in [4.78, 5) is 12.1. The Labute approximate surface area is 158 Å². The summed E-state index contributed by atoms with van der Waals surface area (Å²) in [6.07, 6.45) is 5.00. The third-order valence-electron chi connectivity index (χ3n) is 5.02. The number of carbonyl (C=O) groups is 1. The molecule has 0 spiro atoms. The molecule has 1 saturated carbocycles. The van der Waals surface area contributed by atoms with Crippen LogP contribution in [0.1, 0.15) is 36.1 Å². The second-order valence-corrected chi connectivity index (χ2v) is 7.10. The van der Waals surface area contributed by atoms with Crippen LogP contribution in [0.5, 0.6) is 0 Å². The topological polar surface area (TPSA) is 83.0 Å². The Morgan fingerprint density at radius 3 is 2.89 bits per heavy atom. The van der Waals surface area contributed by atoms with Crippen LogP contribution < -0.4 is 10.6 Å². The number of amides is 1. The van der Waals surface area contributed by atoms with E-state index < -0.39 is 0 Å². The van der Waals surface area contributed by atoms with Gasteiger partial charge in [0.2, 0.25) is 5.91 Å². The number of nitrogens with one attached hydrogen (secondary N) is 3. The summed E-state index contributed by atoms with van der Waals surface area (Å²) in [5.41, 5.74) is 3.94. The lowest BCUT2D eigenvalue weighted by atomic mass is 9.85. The quantitative estimate of drug-likeness (QED) is 0.592. The minimum atomic E-state index is 0.142. The summed E-state index contributed by atoms with van der Waals surface area (Å²) in [6.45, 7) is 3.30. The van der Waals surface area contributed by atoms with Gasteiger partial charge in [0, 0.05) is 30.3 Å². The largest absolute Gasteiger partial charge is 0.460 e. The van der Waals surface area contributed by atoms with Gasteiger partial charge < -0.3 is 15.1 Å². The van der Waals surface area contributed by atoms with E-state index in [1.165, 1.54) is 0 Å². The molecular formula is C21H24N4O2. The fourth-order valence-electron chi connectivity index (χ4n) is 3.24. The molecule has 1 aromatic carbocycles. The normalized spacial score (nSPS) is 14.1. The van der Waals surface area contributed by atoms with Gasteiger partial charge in [-0.15, -0.1) is 0 Å². The molecule has 2 aromatic heterocycles. The van der Waals surface area contributed by atoms with Gasteiger partial charge in [-0.05, 0) is 49.6 Å². The van der Waals surface area contributed by atoms with Gasteiger partial charge in [-0.25, -0.2) is 0 Å². The van der Waals surface area contributed by atoms with E-state index in [2.05, 4.69) is 26.9 Å². The van der Waals surface area contributed by atoms with Gasteiger partial charge in [-0.1, -0.05) is 18.6 Å². The molecule has 6 nitrogen and oxygen atoms in total. The molecule has 0 bridgehead atoms. The lowest BCUT2D eigenvalue weighted by Gasteiger charge is -2.24. The number of hydrogen-bond donors (Lipinski definition) is 3. The molecule has 27 heavy (non-hydrogen) atoms. The zero-order chi connectivity index (χ0) is 18.6. The molecule has 3 aromatic rings. The number of anilines is 1. The zero-order valence-corrected chi connectivity index (χ0v) is 15.4. The number of hydrogen-bond acceptors (Lipinski definition) is 4. The van der Waals surface area contributed by atoms with Crippen LogP contribution in [-0.4, -0.2) is 16.1 Å². The van der Waals surface area contributed by atoms with Crippen molar-refractivity contribution in [2.24, 2.45) is 5.92 Å². The minimum Gasteiger partial charge on any atom is -0.460 e. The van der Waals surface area contributed by atoms with Gasteiger partial charge in [0.05, 0.1) is 6.20 Å². The molecule has 2 heterocycles. The van der Waals surface area contributed by atoms with Gasteiger partial charge in [-0.2, -0.15) is 5.10 Å². The van der Waals surface area contributed by atoms with E-state index in [1.807, 2.05) is 43.5 Å². The summed E-state index contributed by atoms with van der Waals surface area (Å²) >= 11 is 0. The van der Waals surface area contributed by atoms with E-state index in [9.17, 15) is 4.79 Å². The maximum Gasteiger partial charge on any atom is 0.227 e. The van der Waals surface area contributed by atoms with Crippen LogP contribution in [0.15, 0.2) is 47.0 Å². The standard InChI is InChI=1S/C21H24N4O2/c1-14-8-9-19(27-14)20-17(13-23-25-20)12-22-11-15-4-2-7-18(10-15)24-21(26)16-5-3-6-16/h2,4,7-10,13,16,22H,3,5-6,11-12H2,1H3,(H,23,25)(H,24,26). The number of aromatic amines is 1. The number of aromatic nitrogens is 2. The number of benzene rings is 1. The van der Waals surface area contributed by atoms with E-state index in [0.717, 1.165) is 53.3 Å². The molecule has 0 unspecified atom stereocenters. The van der Waals surface area contributed by atoms with Crippen molar-refractivity contribution in [3.05, 3.63) is 59.5 Å². The maximum absolute atomic E-state index is 12.1. The fraction of sp³-hybridized carbons (Fsp3) is 0.333. The first-order valence-electron chi connectivity index (χ1n) is 9.38. The van der Waals surface area contributed by atoms with E-state index in [0.29, 0.717) is 13.1 Å². The van der Waals surface area contributed by atoms with Gasteiger partial charge in [0.25, 0.3) is 0 Å². The van der Waals surface area contributed by atoms with Crippen molar-refractivity contribution in [2.75, 3.05) is 5.32 Å². The Morgan fingerprint density at radius 2 is 2.15 bits per heavy atom. The number of rotatable bonds is 7. The Kier molecular flexibility index (Phi) is 5.07. The first-order chi connectivity index (χ1) is 13.2. The van der Waals surface area contributed by atoms with Crippen LogP contribution in [0, 0.1) is 12.8 Å². The molecule has 0 aliphatic heterocycles. The van der Waals surface area contributed by atoms with E-state index >= 15 is 0 Å². The van der Waals surface area contributed by atoms with Gasteiger partial charge in [0.1, 0.15) is 11.5 Å². The highest BCUT2D eigenvalue weighted by Crippen LogP contribution is 2.27. The van der Waals surface area contributed by atoms with Crippen molar-refractivity contribution >= 4 is 11.6 Å². The van der Waals surface area contributed by atoms with Crippen molar-refractivity contribution < 1.29 is 9.21 Å². The molecule has 140 valence electrons. The Balaban J connectivity index is 1.34. The lowest BCUT2D eigenvalue weighted by molar-refractivity contribution is -0.122. The van der Waals surface area contributed by atoms with Crippen LogP contribution >= 0.6 is 0 Å². The molecule has 0 atom stereocenters. The molecule has 3 N–H and O–H groups in total. The molecule has 6 heteroatoms. The van der Waals surface area contributed by atoms with Crippen LogP contribution in [0.2, 0.25) is 0 Å². The molecular weight excluding hydrogens is 340 g/mol. The Bertz CT molecular complexity index is 924. The predicted molar refractivity (Wildman–Crippen MR) is 104 cm³/mol. The molecule has 1 aliphatic rings. The highest BCUT2D eigenvalue weighted by Gasteiger charge is 2.25. The van der Waals surface area contributed by atoms with Gasteiger partial charge in [-0.3, -0.25) is 9.89 Å². The number of nitrogens with zero attached hydrogens (tertiary/aromatic N) is 1. The molecule has 4 rings (SSSR count). The van der Waals surface area contributed by atoms with Crippen LogP contribution in [0.3, 0.4) is 0 Å². The number of furan rings is 1. The highest BCUT2D eigenvalue weighted by molar-refractivity contribution is 5.93. The monoisotopic (exact) mass is 364 g/mol. The summed E-state index contributed by atoms with van der Waals surface area (Å²) < 4.78 is 5.68. The third kappa shape index (κ3) is 4.11. The smallest absolute Gasteiger partial charge is 0.227 e. The van der Waals surface area contributed by atoms with Crippen molar-refractivity contribution in [3.8, 4) is 11.5 Å². The highest BCUT2D eigenvalue weighted by atomic mass is 16.3. The average molecular weight is 364 g/mol. The minimum absolute atomic E-state index is 0.142. The van der Waals surface area contributed by atoms with Crippen LogP contribution in [0.4, 0.5) is 5.69 Å². The maximum atomic E-state index is 12.1. The first kappa shape index (κ1) is 17.5. The van der Waals surface area contributed by atoms with Crippen molar-refractivity contribution in [2.45, 2.75) is 39.3 Å². The Morgan fingerprint density at radius 1 is 1.26 bits per heavy atom. The molecule has 0 saturated heterocycles. The Hall–Kier alpha value is -2.86. The van der Waals surface area contributed by atoms with Crippen molar-refractivity contribution in [1.82, 2.24) is 15.5 Å². The second kappa shape index (κ2) is 7.80. The number of H-pyrrole nitrogens is 1. The second-order valence-electron chi connectivity index (χ2n) is 7.10. The number of aryl methyl sites for hydroxylation is 1. The first-order valence-corrected chi connectivity index (χ1v) is 9.38. The summed E-state index contributed by atoms with van der Waals surface area (Å²) in [5, 5.41) is 13.6. The van der Waals surface area contributed by atoms with E-state index in [4.69, 9.17) is 4.42 Å². The summed E-state index contributed by atoms with van der Waals surface area (Å²) in [5.74, 6) is 2.00. The van der Waals surface area contributed by atoms with E-state index in [-0.39, 0.29) is 11.8 Å². The predicted octanol–water partition coefficient (Wildman–Crippen LogP) is 4.01. The van der Waals surface area contributed by atoms with Crippen LogP contribution in [-0.2, 0) is 17.9 Å². The molecule has 1 aliphatic carbocycles. The third-order valence-corrected chi connectivity index (χ3v) is 5.02. The van der Waals surface area contributed by atoms with Gasteiger partial charge >= 0.3 is 0 Å². The van der Waals surface area contributed by atoms with Gasteiger partial charge in [0.15, 0.2) is 5.76 Å². The molecule has 1 fully saturated rings. The number of carbonyl (C=O) groups excluding carboxylic acids is 1. The van der Waals surface area contributed by atoms with E-state index in [1.54, 1.807) is 0 Å². The zero-order valence-electron chi connectivity index (χ0n) is 15.4. The molecule has 1 amide bonds. The van der Waals surface area contributed by atoms with Crippen molar-refractivity contribution in [3.63, 3.8) is 0 Å². The average Bonchev–Trinajstić information content (AvgIpc) is 3.22. The fourth-order valence-corrected chi connectivity index (χ4v) is 3.24. The SMILES string of the molecule is Cc1ccc(-c2[nH]ncc2CNCc2cccc(NC(=O)C3CCC3)c2)o1. The summed E-state index contributed by atoms with van der Waals surface area (Å²) in [7, 11) is 0. The lowest BCUT2D eigenvalue weighted by Crippen LogP contribution is -2.28. The van der Waals surface area contributed by atoms with Crippen LogP contribution in [0.25, 0.3) is 11.5 Å². The molecule has 0 radical (unpaired) electrons. The van der Waals surface area contributed by atoms with Crippen molar-refractivity contribution in [1.29, 1.82) is 0 Å². The summed E-state index contributed by atoms with van der Waals surface area (Å²) in [6, 6.07) is 11.9.